The molecule has 1 unspecified atom stereocenters. The van der Waals surface area contributed by atoms with Gasteiger partial charge in [-0.05, 0) is 37.6 Å². The lowest BCUT2D eigenvalue weighted by molar-refractivity contribution is 0.137. The number of aliphatic hydroxyl groups is 1. The van der Waals surface area contributed by atoms with Gasteiger partial charge in [-0.15, -0.1) is 0 Å². The maximum Gasteiger partial charge on any atom is 0.155 e. The van der Waals surface area contributed by atoms with Gasteiger partial charge in [-0.1, -0.05) is 15.9 Å². The van der Waals surface area contributed by atoms with Gasteiger partial charge in [0.15, 0.2) is 9.84 Å². The lowest BCUT2D eigenvalue weighted by Crippen LogP contribution is -2.44. The summed E-state index contributed by atoms with van der Waals surface area (Å²) in [5.41, 5.74) is 0.541. The molecule has 0 aliphatic carbocycles. The minimum Gasteiger partial charge on any atom is -0.391 e. The molecule has 0 saturated heterocycles. The summed E-state index contributed by atoms with van der Waals surface area (Å²) in [6.45, 7) is 2.92. The van der Waals surface area contributed by atoms with E-state index in [4.69, 9.17) is 0 Å². The summed E-state index contributed by atoms with van der Waals surface area (Å²) < 4.78 is 35.7. The fourth-order valence-corrected chi connectivity index (χ4v) is 2.39. The standard InChI is InChI=1S/C12H16BrFO3S/c1-12(2,18(3,16)17)11(15)7-8-6-9(14)4-5-10(8)13/h4-6,11,15H,7H2,1-3H3. The van der Waals surface area contributed by atoms with Crippen LogP contribution in [0.3, 0.4) is 0 Å². The van der Waals surface area contributed by atoms with E-state index in [-0.39, 0.29) is 6.42 Å². The fraction of sp³-hybridized carbons (Fsp3) is 0.500. The zero-order chi connectivity index (χ0) is 14.1. The Hall–Kier alpha value is -0.460. The highest BCUT2D eigenvalue weighted by atomic mass is 79.9. The van der Waals surface area contributed by atoms with Crippen LogP contribution in [-0.4, -0.2) is 30.6 Å². The molecule has 102 valence electrons. The summed E-state index contributed by atoms with van der Waals surface area (Å²) in [5.74, 6) is -0.419. The molecule has 0 heterocycles. The third kappa shape index (κ3) is 3.30. The van der Waals surface area contributed by atoms with Gasteiger partial charge in [0.2, 0.25) is 0 Å². The average molecular weight is 339 g/mol. The van der Waals surface area contributed by atoms with Crippen LogP contribution in [0.25, 0.3) is 0 Å². The van der Waals surface area contributed by atoms with Crippen molar-refractivity contribution in [3.05, 3.63) is 34.1 Å². The van der Waals surface area contributed by atoms with Crippen LogP contribution < -0.4 is 0 Å². The lowest BCUT2D eigenvalue weighted by Gasteiger charge is -2.28. The second-order valence-corrected chi connectivity index (χ2v) is 8.28. The molecule has 1 aromatic carbocycles. The molecule has 1 N–H and O–H groups in total. The molecule has 3 nitrogen and oxygen atoms in total. The summed E-state index contributed by atoms with van der Waals surface area (Å²) in [6, 6.07) is 4.11. The first-order valence-electron chi connectivity index (χ1n) is 5.37. The van der Waals surface area contributed by atoms with Crippen molar-refractivity contribution in [2.45, 2.75) is 31.1 Å². The Morgan fingerprint density at radius 1 is 1.44 bits per heavy atom. The maximum absolute atomic E-state index is 13.1. The molecule has 0 fully saturated rings. The van der Waals surface area contributed by atoms with Crippen molar-refractivity contribution < 1.29 is 17.9 Å². The Morgan fingerprint density at radius 3 is 2.50 bits per heavy atom. The van der Waals surface area contributed by atoms with Crippen LogP contribution in [0.2, 0.25) is 0 Å². The van der Waals surface area contributed by atoms with E-state index in [9.17, 15) is 17.9 Å². The van der Waals surface area contributed by atoms with E-state index in [0.29, 0.717) is 10.0 Å². The van der Waals surface area contributed by atoms with E-state index in [2.05, 4.69) is 15.9 Å². The van der Waals surface area contributed by atoms with E-state index >= 15 is 0 Å². The monoisotopic (exact) mass is 338 g/mol. The van der Waals surface area contributed by atoms with E-state index in [1.807, 2.05) is 0 Å². The molecule has 0 amide bonds. The number of hydrogen-bond donors (Lipinski definition) is 1. The van der Waals surface area contributed by atoms with Gasteiger partial charge in [-0.25, -0.2) is 12.8 Å². The van der Waals surface area contributed by atoms with E-state index in [0.717, 1.165) is 6.26 Å². The summed E-state index contributed by atoms with van der Waals surface area (Å²) in [5, 5.41) is 10.1. The first-order chi connectivity index (χ1) is 8.05. The van der Waals surface area contributed by atoms with Crippen molar-refractivity contribution in [1.29, 1.82) is 0 Å². The van der Waals surface area contributed by atoms with Crippen LogP contribution in [0, 0.1) is 5.82 Å². The molecule has 0 aliphatic rings. The van der Waals surface area contributed by atoms with Crippen molar-refractivity contribution in [2.24, 2.45) is 0 Å². The van der Waals surface area contributed by atoms with Crippen LogP contribution in [0.4, 0.5) is 4.39 Å². The number of rotatable bonds is 4. The molecule has 0 aromatic heterocycles. The van der Waals surface area contributed by atoms with Gasteiger partial charge in [-0.3, -0.25) is 0 Å². The molecule has 18 heavy (non-hydrogen) atoms. The first kappa shape index (κ1) is 15.6. The number of sulfone groups is 1. The molecule has 0 saturated carbocycles. The molecule has 1 aromatic rings. The van der Waals surface area contributed by atoms with Gasteiger partial charge in [0.05, 0.1) is 10.9 Å². The van der Waals surface area contributed by atoms with Crippen LogP contribution in [0.5, 0.6) is 0 Å². The largest absolute Gasteiger partial charge is 0.391 e. The molecular weight excluding hydrogens is 323 g/mol. The Kier molecular flexibility index (Phi) is 4.56. The van der Waals surface area contributed by atoms with Crippen molar-refractivity contribution in [1.82, 2.24) is 0 Å². The van der Waals surface area contributed by atoms with E-state index in [1.54, 1.807) is 0 Å². The lowest BCUT2D eigenvalue weighted by atomic mass is 9.98. The van der Waals surface area contributed by atoms with Crippen LogP contribution in [0.15, 0.2) is 22.7 Å². The maximum atomic E-state index is 13.1. The third-order valence-electron chi connectivity index (χ3n) is 3.18. The predicted molar refractivity (Wildman–Crippen MR) is 72.7 cm³/mol. The number of hydrogen-bond acceptors (Lipinski definition) is 3. The SMILES string of the molecule is CC(C)(C(O)Cc1cc(F)ccc1Br)S(C)(=O)=O. The van der Waals surface area contributed by atoms with Crippen LogP contribution in [0.1, 0.15) is 19.4 Å². The zero-order valence-corrected chi connectivity index (χ0v) is 12.8. The topological polar surface area (TPSA) is 54.4 Å². The smallest absolute Gasteiger partial charge is 0.155 e. The highest BCUT2D eigenvalue weighted by Crippen LogP contribution is 2.26. The second kappa shape index (κ2) is 5.27. The second-order valence-electron chi connectivity index (χ2n) is 4.83. The Balaban J connectivity index is 3.02. The molecule has 1 atom stereocenters. The Morgan fingerprint density at radius 2 is 2.00 bits per heavy atom. The Labute approximate surface area is 115 Å². The van der Waals surface area contributed by atoms with Gasteiger partial charge in [0.25, 0.3) is 0 Å². The molecule has 0 spiro atoms. The summed E-state index contributed by atoms with van der Waals surface area (Å²) in [7, 11) is -3.40. The number of benzene rings is 1. The molecule has 0 radical (unpaired) electrons. The normalized spacial score (nSPS) is 14.6. The summed E-state index contributed by atoms with van der Waals surface area (Å²) in [6.07, 6.45) is 0.0421. The van der Waals surface area contributed by atoms with Gasteiger partial charge in [0.1, 0.15) is 5.82 Å². The molecule has 6 heteroatoms. The highest BCUT2D eigenvalue weighted by molar-refractivity contribution is 9.10. The quantitative estimate of drug-likeness (QED) is 0.916. The van der Waals surface area contributed by atoms with Crippen molar-refractivity contribution >= 4 is 25.8 Å². The van der Waals surface area contributed by atoms with Crippen molar-refractivity contribution in [3.8, 4) is 0 Å². The molecule has 0 aliphatic heterocycles. The van der Waals surface area contributed by atoms with E-state index < -0.39 is 26.5 Å². The minimum absolute atomic E-state index is 0.0679. The van der Waals surface area contributed by atoms with E-state index in [1.165, 1.54) is 32.0 Å². The third-order valence-corrected chi connectivity index (χ3v) is 6.14. The summed E-state index contributed by atoms with van der Waals surface area (Å²) in [4.78, 5) is 0. The van der Waals surface area contributed by atoms with Crippen LogP contribution >= 0.6 is 15.9 Å². The highest BCUT2D eigenvalue weighted by Gasteiger charge is 2.38. The predicted octanol–water partition coefficient (Wildman–Crippen LogP) is 2.31. The summed E-state index contributed by atoms with van der Waals surface area (Å²) >= 11 is 3.25. The van der Waals surface area contributed by atoms with Gasteiger partial charge in [0, 0.05) is 17.1 Å². The number of aliphatic hydroxyl groups excluding tert-OH is 1. The molecule has 0 bridgehead atoms. The van der Waals surface area contributed by atoms with Gasteiger partial charge >= 0.3 is 0 Å². The minimum atomic E-state index is -3.40. The average Bonchev–Trinajstić information content (AvgIpc) is 2.21. The number of halogens is 2. The van der Waals surface area contributed by atoms with Crippen molar-refractivity contribution in [2.75, 3.05) is 6.26 Å². The van der Waals surface area contributed by atoms with Crippen LogP contribution in [-0.2, 0) is 16.3 Å². The fourth-order valence-electron chi connectivity index (χ4n) is 1.40. The molecule has 1 rings (SSSR count). The zero-order valence-electron chi connectivity index (χ0n) is 10.4. The molecular formula is C12H16BrFO3S. The Bertz CT molecular complexity index is 540. The van der Waals surface area contributed by atoms with Gasteiger partial charge < -0.3 is 5.11 Å². The first-order valence-corrected chi connectivity index (χ1v) is 8.05. The van der Waals surface area contributed by atoms with Crippen molar-refractivity contribution in [3.63, 3.8) is 0 Å². The van der Waals surface area contributed by atoms with Gasteiger partial charge in [-0.2, -0.15) is 0 Å².